The number of esters is 1. The van der Waals surface area contributed by atoms with Gasteiger partial charge in [0, 0.05) is 11.6 Å². The van der Waals surface area contributed by atoms with Crippen molar-refractivity contribution in [2.45, 2.75) is 19.9 Å². The maximum absolute atomic E-state index is 13.0. The summed E-state index contributed by atoms with van der Waals surface area (Å²) >= 11 is 0. The topological polar surface area (TPSA) is 90.9 Å². The molecule has 1 atom stereocenters. The van der Waals surface area contributed by atoms with Crippen LogP contribution in [0.25, 0.3) is 0 Å². The number of methoxy groups -OCH3 is 2. The smallest absolute Gasteiger partial charge is 0.329 e. The van der Waals surface area contributed by atoms with Crippen LogP contribution in [0.3, 0.4) is 0 Å². The predicted molar refractivity (Wildman–Crippen MR) is 107 cm³/mol. The van der Waals surface area contributed by atoms with E-state index < -0.39 is 36.1 Å². The molecule has 0 fully saturated rings. The fourth-order valence-electron chi connectivity index (χ4n) is 2.66. The van der Waals surface area contributed by atoms with Crippen molar-refractivity contribution in [3.05, 3.63) is 59.4 Å². The normalized spacial score (nSPS) is 11.5. The van der Waals surface area contributed by atoms with Crippen molar-refractivity contribution >= 4 is 17.7 Å². The van der Waals surface area contributed by atoms with Crippen LogP contribution in [0, 0.1) is 11.7 Å². The van der Waals surface area contributed by atoms with E-state index in [1.807, 2.05) is 0 Å². The summed E-state index contributed by atoms with van der Waals surface area (Å²) in [5.74, 6) is -1.72. The SMILES string of the molecule is COc1ccc(C(=O)COC(=O)[C@@H](NC(=O)c2ccc(F)cc2)C(C)C)c(OC)c1. The molecule has 0 saturated heterocycles. The van der Waals surface area contributed by atoms with E-state index in [0.29, 0.717) is 11.5 Å². The molecule has 160 valence electrons. The molecular formula is C22H24FNO6. The first-order valence-electron chi connectivity index (χ1n) is 9.25. The van der Waals surface area contributed by atoms with E-state index >= 15 is 0 Å². The zero-order valence-corrected chi connectivity index (χ0v) is 17.2. The summed E-state index contributed by atoms with van der Waals surface area (Å²) in [5, 5.41) is 2.56. The zero-order chi connectivity index (χ0) is 22.3. The molecule has 0 aromatic heterocycles. The minimum atomic E-state index is -0.979. The third kappa shape index (κ3) is 5.79. The highest BCUT2D eigenvalue weighted by Crippen LogP contribution is 2.25. The third-order valence-corrected chi connectivity index (χ3v) is 4.37. The predicted octanol–water partition coefficient (Wildman–Crippen LogP) is 3.02. The molecule has 1 amide bonds. The minimum Gasteiger partial charge on any atom is -0.497 e. The molecule has 1 N–H and O–H groups in total. The van der Waals surface area contributed by atoms with Crippen LogP contribution in [0.5, 0.6) is 11.5 Å². The Balaban J connectivity index is 2.04. The van der Waals surface area contributed by atoms with E-state index in [4.69, 9.17) is 14.2 Å². The number of benzene rings is 2. The highest BCUT2D eigenvalue weighted by Gasteiger charge is 2.27. The minimum absolute atomic E-state index is 0.203. The Kier molecular flexibility index (Phi) is 7.91. The first-order chi connectivity index (χ1) is 14.3. The van der Waals surface area contributed by atoms with Gasteiger partial charge in [-0.2, -0.15) is 0 Å². The molecule has 0 aliphatic heterocycles. The van der Waals surface area contributed by atoms with Gasteiger partial charge < -0.3 is 19.5 Å². The van der Waals surface area contributed by atoms with Crippen LogP contribution in [0.15, 0.2) is 42.5 Å². The second-order valence-electron chi connectivity index (χ2n) is 6.80. The van der Waals surface area contributed by atoms with Crippen LogP contribution in [-0.2, 0) is 9.53 Å². The van der Waals surface area contributed by atoms with Crippen LogP contribution in [0.1, 0.15) is 34.6 Å². The van der Waals surface area contributed by atoms with Gasteiger partial charge in [-0.05, 0) is 42.3 Å². The number of nitrogens with one attached hydrogen (secondary N) is 1. The lowest BCUT2D eigenvalue weighted by molar-refractivity contribution is -0.145. The number of amides is 1. The van der Waals surface area contributed by atoms with E-state index in [2.05, 4.69) is 5.32 Å². The maximum Gasteiger partial charge on any atom is 0.329 e. The average molecular weight is 417 g/mol. The first-order valence-corrected chi connectivity index (χ1v) is 9.25. The van der Waals surface area contributed by atoms with Gasteiger partial charge in [-0.3, -0.25) is 9.59 Å². The number of rotatable bonds is 9. The fourth-order valence-corrected chi connectivity index (χ4v) is 2.66. The van der Waals surface area contributed by atoms with E-state index in [-0.39, 0.29) is 17.0 Å². The quantitative estimate of drug-likeness (QED) is 0.498. The molecule has 2 aromatic carbocycles. The molecule has 0 heterocycles. The van der Waals surface area contributed by atoms with Gasteiger partial charge in [-0.1, -0.05) is 13.8 Å². The Morgan fingerprint density at radius 3 is 2.23 bits per heavy atom. The number of Topliss-reactive ketones (excluding diaryl/α,β-unsaturated/α-hetero) is 1. The van der Waals surface area contributed by atoms with Gasteiger partial charge >= 0.3 is 5.97 Å². The standard InChI is InChI=1S/C22H24FNO6/c1-13(2)20(24-21(26)14-5-7-15(23)8-6-14)22(27)30-12-18(25)17-10-9-16(28-3)11-19(17)29-4/h5-11,13,20H,12H2,1-4H3,(H,24,26)/t20-/m0/s1. The second-order valence-corrected chi connectivity index (χ2v) is 6.80. The average Bonchev–Trinajstić information content (AvgIpc) is 2.75. The summed E-state index contributed by atoms with van der Waals surface area (Å²) in [6, 6.07) is 8.61. The van der Waals surface area contributed by atoms with Gasteiger partial charge in [-0.15, -0.1) is 0 Å². The van der Waals surface area contributed by atoms with Crippen molar-refractivity contribution in [3.8, 4) is 11.5 Å². The van der Waals surface area contributed by atoms with Crippen LogP contribution in [0.2, 0.25) is 0 Å². The fraction of sp³-hybridized carbons (Fsp3) is 0.318. The van der Waals surface area contributed by atoms with Crippen molar-refractivity contribution < 1.29 is 33.0 Å². The number of halogens is 1. The van der Waals surface area contributed by atoms with Crippen LogP contribution >= 0.6 is 0 Å². The highest BCUT2D eigenvalue weighted by molar-refractivity contribution is 6.01. The van der Waals surface area contributed by atoms with E-state index in [1.165, 1.54) is 32.4 Å². The van der Waals surface area contributed by atoms with Crippen molar-refractivity contribution in [3.63, 3.8) is 0 Å². The van der Waals surface area contributed by atoms with Crippen molar-refractivity contribution in [2.75, 3.05) is 20.8 Å². The molecule has 2 aromatic rings. The molecule has 0 spiro atoms. The van der Waals surface area contributed by atoms with E-state index in [0.717, 1.165) is 12.1 Å². The highest BCUT2D eigenvalue weighted by atomic mass is 19.1. The Hall–Kier alpha value is -3.42. The number of carbonyl (C=O) groups is 3. The molecule has 2 rings (SSSR count). The second kappa shape index (κ2) is 10.4. The molecule has 0 unspecified atom stereocenters. The number of hydrogen-bond acceptors (Lipinski definition) is 6. The van der Waals surface area contributed by atoms with Crippen LogP contribution in [-0.4, -0.2) is 44.5 Å². The number of carbonyl (C=O) groups excluding carboxylic acids is 3. The molecule has 0 saturated carbocycles. The lowest BCUT2D eigenvalue weighted by atomic mass is 10.0. The van der Waals surface area contributed by atoms with E-state index in [1.54, 1.807) is 26.0 Å². The molecule has 0 aliphatic carbocycles. The van der Waals surface area contributed by atoms with Crippen molar-refractivity contribution in [1.82, 2.24) is 5.32 Å². The lowest BCUT2D eigenvalue weighted by Gasteiger charge is -2.21. The largest absolute Gasteiger partial charge is 0.497 e. The van der Waals surface area contributed by atoms with Gasteiger partial charge in [0.15, 0.2) is 6.61 Å². The molecule has 30 heavy (non-hydrogen) atoms. The Morgan fingerprint density at radius 2 is 1.67 bits per heavy atom. The Bertz CT molecular complexity index is 910. The molecule has 0 radical (unpaired) electrons. The molecular weight excluding hydrogens is 393 g/mol. The van der Waals surface area contributed by atoms with E-state index in [9.17, 15) is 18.8 Å². The molecule has 0 aliphatic rings. The van der Waals surface area contributed by atoms with Gasteiger partial charge in [0.25, 0.3) is 5.91 Å². The van der Waals surface area contributed by atoms with Gasteiger partial charge in [-0.25, -0.2) is 9.18 Å². The summed E-state index contributed by atoms with van der Waals surface area (Å²) in [5.41, 5.74) is 0.441. The summed E-state index contributed by atoms with van der Waals surface area (Å²) in [6.07, 6.45) is 0. The summed E-state index contributed by atoms with van der Waals surface area (Å²) in [7, 11) is 2.90. The Labute approximate surface area is 174 Å². The summed E-state index contributed by atoms with van der Waals surface area (Å²) < 4.78 is 28.4. The first kappa shape index (κ1) is 22.9. The van der Waals surface area contributed by atoms with Gasteiger partial charge in [0.2, 0.25) is 5.78 Å². The number of hydrogen-bond donors (Lipinski definition) is 1. The monoisotopic (exact) mass is 417 g/mol. The summed E-state index contributed by atoms with van der Waals surface area (Å²) in [4.78, 5) is 37.3. The van der Waals surface area contributed by atoms with Gasteiger partial charge in [0.05, 0.1) is 19.8 Å². The summed E-state index contributed by atoms with van der Waals surface area (Å²) in [6.45, 7) is 2.94. The van der Waals surface area contributed by atoms with Crippen molar-refractivity contribution in [1.29, 1.82) is 0 Å². The van der Waals surface area contributed by atoms with Crippen molar-refractivity contribution in [2.24, 2.45) is 5.92 Å². The molecule has 0 bridgehead atoms. The van der Waals surface area contributed by atoms with Crippen LogP contribution < -0.4 is 14.8 Å². The molecule has 7 nitrogen and oxygen atoms in total. The van der Waals surface area contributed by atoms with Gasteiger partial charge in [0.1, 0.15) is 23.4 Å². The lowest BCUT2D eigenvalue weighted by Crippen LogP contribution is -2.45. The Morgan fingerprint density at radius 1 is 1.00 bits per heavy atom. The number of ketones is 1. The third-order valence-electron chi connectivity index (χ3n) is 4.37. The number of ether oxygens (including phenoxy) is 3. The zero-order valence-electron chi connectivity index (χ0n) is 17.2. The van der Waals surface area contributed by atoms with Crippen LogP contribution in [0.4, 0.5) is 4.39 Å². The molecule has 8 heteroatoms. The maximum atomic E-state index is 13.0.